The van der Waals surface area contributed by atoms with Crippen LogP contribution in [0.5, 0.6) is 5.75 Å². The van der Waals surface area contributed by atoms with Gasteiger partial charge in [0.1, 0.15) is 15.8 Å². The van der Waals surface area contributed by atoms with E-state index in [1.54, 1.807) is 0 Å². The first kappa shape index (κ1) is 9.03. The standard InChI is InChI=1S/C9H9ClO2S/c1-6-4-8(13(10)11)5-7-2-3-12-9(6)7/h4-5H,2-3H2,1H3. The summed E-state index contributed by atoms with van der Waals surface area (Å²) in [5.74, 6) is 0.936. The van der Waals surface area contributed by atoms with E-state index in [-0.39, 0.29) is 0 Å². The highest BCUT2D eigenvalue weighted by Crippen LogP contribution is 2.31. The van der Waals surface area contributed by atoms with Gasteiger partial charge in [0.05, 0.1) is 11.5 Å². The summed E-state index contributed by atoms with van der Waals surface area (Å²) in [5.41, 5.74) is 2.13. The Morgan fingerprint density at radius 1 is 1.54 bits per heavy atom. The lowest BCUT2D eigenvalue weighted by molar-refractivity contribution is 0.354. The van der Waals surface area contributed by atoms with Crippen LogP contribution in [0.15, 0.2) is 17.0 Å². The summed E-state index contributed by atoms with van der Waals surface area (Å²) < 4.78 is 16.5. The lowest BCUT2D eigenvalue weighted by Crippen LogP contribution is -1.89. The van der Waals surface area contributed by atoms with Crippen molar-refractivity contribution in [2.75, 3.05) is 6.61 Å². The van der Waals surface area contributed by atoms with E-state index >= 15 is 0 Å². The number of hydrogen-bond acceptors (Lipinski definition) is 2. The van der Waals surface area contributed by atoms with Crippen LogP contribution in [0.3, 0.4) is 0 Å². The minimum Gasteiger partial charge on any atom is -0.493 e. The average molecular weight is 217 g/mol. The summed E-state index contributed by atoms with van der Waals surface area (Å²) in [6.07, 6.45) is 0.887. The van der Waals surface area contributed by atoms with Gasteiger partial charge in [-0.1, -0.05) is 0 Å². The predicted molar refractivity (Wildman–Crippen MR) is 52.6 cm³/mol. The second-order valence-corrected chi connectivity index (χ2v) is 4.81. The van der Waals surface area contributed by atoms with Gasteiger partial charge in [-0.3, -0.25) is 0 Å². The second kappa shape index (κ2) is 3.31. The van der Waals surface area contributed by atoms with E-state index in [0.717, 1.165) is 23.3 Å². The molecule has 1 atom stereocenters. The molecule has 1 aliphatic heterocycles. The Labute approximate surface area is 83.8 Å². The molecule has 1 aliphatic rings. The van der Waals surface area contributed by atoms with Crippen LogP contribution < -0.4 is 4.74 Å². The van der Waals surface area contributed by atoms with Crippen molar-refractivity contribution in [3.63, 3.8) is 0 Å². The van der Waals surface area contributed by atoms with Crippen LogP contribution >= 0.6 is 10.7 Å². The first-order chi connectivity index (χ1) is 6.18. The van der Waals surface area contributed by atoms with Gasteiger partial charge < -0.3 is 4.74 Å². The van der Waals surface area contributed by atoms with Gasteiger partial charge in [-0.2, -0.15) is 0 Å². The zero-order valence-electron chi connectivity index (χ0n) is 7.17. The molecule has 0 aromatic heterocycles. The van der Waals surface area contributed by atoms with Gasteiger partial charge in [0.25, 0.3) is 0 Å². The zero-order valence-corrected chi connectivity index (χ0v) is 8.74. The Bertz CT molecular complexity index is 376. The number of rotatable bonds is 1. The van der Waals surface area contributed by atoms with Gasteiger partial charge in [-0.05, 0) is 40.9 Å². The van der Waals surface area contributed by atoms with E-state index in [1.807, 2.05) is 19.1 Å². The molecule has 2 rings (SSSR count). The maximum atomic E-state index is 11.0. The first-order valence-corrected chi connectivity index (χ1v) is 6.00. The van der Waals surface area contributed by atoms with Crippen molar-refractivity contribution in [3.8, 4) is 5.75 Å². The molecule has 2 nitrogen and oxygen atoms in total. The smallest absolute Gasteiger partial charge is 0.147 e. The molecule has 0 bridgehead atoms. The van der Waals surface area contributed by atoms with Crippen molar-refractivity contribution in [1.29, 1.82) is 0 Å². The highest BCUT2D eigenvalue weighted by atomic mass is 35.7. The Morgan fingerprint density at radius 3 is 3.00 bits per heavy atom. The van der Waals surface area contributed by atoms with Crippen molar-refractivity contribution in [3.05, 3.63) is 23.3 Å². The molecule has 1 unspecified atom stereocenters. The maximum absolute atomic E-state index is 11.0. The van der Waals surface area contributed by atoms with Gasteiger partial charge in [-0.15, -0.1) is 0 Å². The molecular weight excluding hydrogens is 208 g/mol. The molecule has 13 heavy (non-hydrogen) atoms. The van der Waals surface area contributed by atoms with Crippen LogP contribution in [0, 0.1) is 6.92 Å². The first-order valence-electron chi connectivity index (χ1n) is 4.03. The average Bonchev–Trinajstić information content (AvgIpc) is 2.51. The number of fused-ring (bicyclic) bond motifs is 1. The van der Waals surface area contributed by atoms with Crippen LogP contribution in [-0.2, 0) is 16.4 Å². The molecule has 4 heteroatoms. The van der Waals surface area contributed by atoms with E-state index in [4.69, 9.17) is 15.4 Å². The zero-order chi connectivity index (χ0) is 9.42. The summed E-state index contributed by atoms with van der Waals surface area (Å²) in [5, 5.41) is 0. The normalized spacial score (nSPS) is 16.5. The van der Waals surface area contributed by atoms with Crippen molar-refractivity contribution in [2.24, 2.45) is 0 Å². The molecule has 1 heterocycles. The van der Waals surface area contributed by atoms with E-state index in [2.05, 4.69) is 0 Å². The van der Waals surface area contributed by atoms with E-state index in [9.17, 15) is 4.21 Å². The van der Waals surface area contributed by atoms with E-state index in [1.165, 1.54) is 0 Å². The third-order valence-electron chi connectivity index (χ3n) is 2.13. The number of aryl methyl sites for hydroxylation is 1. The van der Waals surface area contributed by atoms with Gasteiger partial charge in [0.2, 0.25) is 0 Å². The Balaban J connectivity index is 2.55. The summed E-state index contributed by atoms with van der Waals surface area (Å²) >= 11 is 0. The fourth-order valence-corrected chi connectivity index (χ4v) is 2.33. The Kier molecular flexibility index (Phi) is 2.30. The quantitative estimate of drug-likeness (QED) is 0.673. The predicted octanol–water partition coefficient (Wildman–Crippen LogP) is 2.19. The molecular formula is C9H9ClO2S. The number of hydrogen-bond donors (Lipinski definition) is 0. The largest absolute Gasteiger partial charge is 0.493 e. The molecule has 0 amide bonds. The second-order valence-electron chi connectivity index (χ2n) is 3.05. The van der Waals surface area contributed by atoms with Gasteiger partial charge in [0.15, 0.2) is 0 Å². The van der Waals surface area contributed by atoms with Crippen LogP contribution in [-0.4, -0.2) is 10.8 Å². The Morgan fingerprint density at radius 2 is 2.31 bits per heavy atom. The summed E-state index contributed by atoms with van der Waals surface area (Å²) in [4.78, 5) is 0.670. The number of ether oxygens (including phenoxy) is 1. The van der Waals surface area contributed by atoms with Crippen molar-refractivity contribution in [1.82, 2.24) is 0 Å². The molecule has 0 N–H and O–H groups in total. The highest BCUT2D eigenvalue weighted by molar-refractivity contribution is 8.08. The third-order valence-corrected chi connectivity index (χ3v) is 3.27. The highest BCUT2D eigenvalue weighted by Gasteiger charge is 2.16. The molecule has 70 valence electrons. The maximum Gasteiger partial charge on any atom is 0.147 e. The summed E-state index contributed by atoms with van der Waals surface area (Å²) in [6, 6.07) is 3.67. The minimum absolute atomic E-state index is 0.670. The molecule has 0 spiro atoms. The van der Waals surface area contributed by atoms with Gasteiger partial charge >= 0.3 is 0 Å². The van der Waals surface area contributed by atoms with Crippen molar-refractivity contribution >= 4 is 20.7 Å². The molecule has 0 aliphatic carbocycles. The fraction of sp³-hybridized carbons (Fsp3) is 0.333. The van der Waals surface area contributed by atoms with Gasteiger partial charge in [0, 0.05) is 6.42 Å². The van der Waals surface area contributed by atoms with Crippen LogP contribution in [0.2, 0.25) is 0 Å². The van der Waals surface area contributed by atoms with E-state index < -0.39 is 10.0 Å². The molecule has 1 aromatic rings. The van der Waals surface area contributed by atoms with Crippen molar-refractivity contribution < 1.29 is 8.95 Å². The Hall–Kier alpha value is -0.540. The topological polar surface area (TPSA) is 26.3 Å². The fourth-order valence-electron chi connectivity index (χ4n) is 1.56. The van der Waals surface area contributed by atoms with Crippen LogP contribution in [0.1, 0.15) is 11.1 Å². The monoisotopic (exact) mass is 216 g/mol. The van der Waals surface area contributed by atoms with Crippen molar-refractivity contribution in [2.45, 2.75) is 18.2 Å². The SMILES string of the molecule is Cc1cc(S(=O)Cl)cc2c1OCC2. The molecule has 0 radical (unpaired) electrons. The van der Waals surface area contributed by atoms with E-state index in [0.29, 0.717) is 11.5 Å². The number of benzene rings is 1. The van der Waals surface area contributed by atoms with Crippen LogP contribution in [0.4, 0.5) is 0 Å². The molecule has 0 saturated carbocycles. The third kappa shape index (κ3) is 1.58. The minimum atomic E-state index is -1.41. The molecule has 1 aromatic carbocycles. The lowest BCUT2D eigenvalue weighted by atomic mass is 10.1. The van der Waals surface area contributed by atoms with Gasteiger partial charge in [-0.25, -0.2) is 4.21 Å². The molecule has 0 saturated heterocycles. The number of halogens is 1. The molecule has 0 fully saturated rings. The lowest BCUT2D eigenvalue weighted by Gasteiger charge is -2.04. The summed E-state index contributed by atoms with van der Waals surface area (Å²) in [7, 11) is 4.09. The van der Waals surface area contributed by atoms with Crippen LogP contribution in [0.25, 0.3) is 0 Å². The summed E-state index contributed by atoms with van der Waals surface area (Å²) in [6.45, 7) is 2.66.